The maximum atomic E-state index is 11.7. The summed E-state index contributed by atoms with van der Waals surface area (Å²) in [6, 6.07) is 0. The van der Waals surface area contributed by atoms with E-state index >= 15 is 0 Å². The van der Waals surface area contributed by atoms with E-state index in [0.717, 1.165) is 11.3 Å². The molecule has 2 nitrogen and oxygen atoms in total. The van der Waals surface area contributed by atoms with Crippen molar-refractivity contribution < 1.29 is 9.53 Å². The summed E-state index contributed by atoms with van der Waals surface area (Å²) in [5, 5.41) is 0. The predicted octanol–water partition coefficient (Wildman–Crippen LogP) is 2.55. The molecule has 1 unspecified atom stereocenters. The minimum Gasteiger partial charge on any atom is -0.497 e. The van der Waals surface area contributed by atoms with E-state index in [4.69, 9.17) is 11.2 Å². The van der Waals surface area contributed by atoms with Gasteiger partial charge in [-0.1, -0.05) is 13.8 Å². The van der Waals surface area contributed by atoms with E-state index in [1.807, 2.05) is 6.92 Å². The number of carbonyl (C=O) groups is 1. The normalized spacial score (nSPS) is 21.0. The summed E-state index contributed by atoms with van der Waals surface area (Å²) in [4.78, 5) is 11.7. The van der Waals surface area contributed by atoms with Crippen LogP contribution in [0.5, 0.6) is 0 Å². The van der Waals surface area contributed by atoms with Gasteiger partial charge in [-0.15, -0.1) is 12.3 Å². The first-order valence-corrected chi connectivity index (χ1v) is 5.36. The second-order valence-corrected chi connectivity index (χ2v) is 4.43. The van der Waals surface area contributed by atoms with Crippen LogP contribution in [-0.4, -0.2) is 12.4 Å². The highest BCUT2D eigenvalue weighted by molar-refractivity contribution is 5.99. The molecule has 1 rings (SSSR count). The zero-order chi connectivity index (χ0) is 11.4. The Morgan fingerprint density at radius 1 is 1.60 bits per heavy atom. The lowest BCUT2D eigenvalue weighted by Gasteiger charge is -2.10. The third-order valence-electron chi connectivity index (χ3n) is 2.55. The van der Waals surface area contributed by atoms with Crippen molar-refractivity contribution in [2.24, 2.45) is 11.8 Å². The Bertz CT molecular complexity index is 318. The van der Waals surface area contributed by atoms with Crippen molar-refractivity contribution in [3.63, 3.8) is 0 Å². The van der Waals surface area contributed by atoms with Crippen LogP contribution in [0.4, 0.5) is 0 Å². The molecule has 15 heavy (non-hydrogen) atoms. The molecule has 0 heterocycles. The SMILES string of the molecule is C#CCC1CC(OCC(C)C)=C(C)C1=O. The van der Waals surface area contributed by atoms with Crippen molar-refractivity contribution in [3.8, 4) is 12.3 Å². The number of allylic oxidation sites excluding steroid dienone is 2. The molecule has 0 bridgehead atoms. The smallest absolute Gasteiger partial charge is 0.166 e. The van der Waals surface area contributed by atoms with Crippen molar-refractivity contribution in [1.29, 1.82) is 0 Å². The lowest BCUT2D eigenvalue weighted by Crippen LogP contribution is -2.07. The minimum atomic E-state index is -0.0443. The number of hydrogen-bond acceptors (Lipinski definition) is 2. The average Bonchev–Trinajstić information content (AvgIpc) is 2.44. The average molecular weight is 206 g/mol. The third kappa shape index (κ3) is 2.86. The number of rotatable bonds is 4. The largest absolute Gasteiger partial charge is 0.497 e. The van der Waals surface area contributed by atoms with E-state index in [1.165, 1.54) is 0 Å². The van der Waals surface area contributed by atoms with Gasteiger partial charge in [-0.05, 0) is 12.8 Å². The first kappa shape index (κ1) is 11.8. The fraction of sp³-hybridized carbons (Fsp3) is 0.615. The highest BCUT2D eigenvalue weighted by Gasteiger charge is 2.30. The zero-order valence-electron chi connectivity index (χ0n) is 9.67. The van der Waals surface area contributed by atoms with E-state index in [9.17, 15) is 4.79 Å². The molecule has 0 spiro atoms. The van der Waals surface area contributed by atoms with E-state index in [0.29, 0.717) is 25.4 Å². The van der Waals surface area contributed by atoms with Gasteiger partial charge in [0.2, 0.25) is 0 Å². The minimum absolute atomic E-state index is 0.0443. The first-order valence-electron chi connectivity index (χ1n) is 5.36. The molecule has 0 radical (unpaired) electrons. The monoisotopic (exact) mass is 206 g/mol. The number of ketones is 1. The van der Waals surface area contributed by atoms with E-state index in [-0.39, 0.29) is 11.7 Å². The molecular weight excluding hydrogens is 188 g/mol. The lowest BCUT2D eigenvalue weighted by molar-refractivity contribution is -0.118. The number of ether oxygens (including phenoxy) is 1. The van der Waals surface area contributed by atoms with Gasteiger partial charge in [0.05, 0.1) is 6.61 Å². The van der Waals surface area contributed by atoms with E-state index in [1.54, 1.807) is 0 Å². The number of Topliss-reactive ketones (excluding diaryl/α,β-unsaturated/α-hetero) is 1. The van der Waals surface area contributed by atoms with Crippen LogP contribution in [0.2, 0.25) is 0 Å². The van der Waals surface area contributed by atoms with Crippen molar-refractivity contribution >= 4 is 5.78 Å². The predicted molar refractivity (Wildman–Crippen MR) is 60.1 cm³/mol. The fourth-order valence-electron chi connectivity index (χ4n) is 1.65. The topological polar surface area (TPSA) is 26.3 Å². The summed E-state index contributed by atoms with van der Waals surface area (Å²) in [5.74, 6) is 3.98. The number of hydrogen-bond donors (Lipinski definition) is 0. The molecule has 0 aliphatic heterocycles. The fourth-order valence-corrected chi connectivity index (χ4v) is 1.65. The Kier molecular flexibility index (Phi) is 3.96. The molecule has 1 aliphatic carbocycles. The van der Waals surface area contributed by atoms with Gasteiger partial charge in [-0.2, -0.15) is 0 Å². The van der Waals surface area contributed by atoms with Crippen molar-refractivity contribution in [1.82, 2.24) is 0 Å². The summed E-state index contributed by atoms with van der Waals surface area (Å²) < 4.78 is 5.61. The molecule has 0 amide bonds. The van der Waals surface area contributed by atoms with Gasteiger partial charge < -0.3 is 4.74 Å². The van der Waals surface area contributed by atoms with Gasteiger partial charge in [0.25, 0.3) is 0 Å². The third-order valence-corrected chi connectivity index (χ3v) is 2.55. The molecule has 0 aromatic heterocycles. The maximum Gasteiger partial charge on any atom is 0.166 e. The van der Waals surface area contributed by atoms with Crippen LogP contribution in [0.15, 0.2) is 11.3 Å². The Hall–Kier alpha value is -1.23. The second-order valence-electron chi connectivity index (χ2n) is 4.43. The quantitative estimate of drug-likeness (QED) is 0.661. The summed E-state index contributed by atoms with van der Waals surface area (Å²) in [6.45, 7) is 6.68. The van der Waals surface area contributed by atoms with Crippen LogP contribution >= 0.6 is 0 Å². The van der Waals surface area contributed by atoms with Crippen molar-refractivity contribution in [2.75, 3.05) is 6.61 Å². The van der Waals surface area contributed by atoms with Gasteiger partial charge >= 0.3 is 0 Å². The number of carbonyl (C=O) groups excluding carboxylic acids is 1. The molecule has 0 aromatic rings. The number of terminal acetylenes is 1. The first-order chi connectivity index (χ1) is 7.06. The molecule has 0 saturated heterocycles. The maximum absolute atomic E-state index is 11.7. The molecule has 82 valence electrons. The molecule has 1 aliphatic rings. The van der Waals surface area contributed by atoms with Crippen LogP contribution in [0.3, 0.4) is 0 Å². The molecular formula is C13H18O2. The molecule has 0 aromatic carbocycles. The Morgan fingerprint density at radius 3 is 2.80 bits per heavy atom. The summed E-state index contributed by atoms with van der Waals surface area (Å²) in [6.07, 6.45) is 6.42. The van der Waals surface area contributed by atoms with Crippen LogP contribution in [-0.2, 0) is 9.53 Å². The Labute approximate surface area is 91.7 Å². The summed E-state index contributed by atoms with van der Waals surface area (Å²) >= 11 is 0. The van der Waals surface area contributed by atoms with Crippen molar-refractivity contribution in [2.45, 2.75) is 33.6 Å². The highest BCUT2D eigenvalue weighted by Crippen LogP contribution is 2.30. The standard InChI is InChI=1S/C13H18O2/c1-5-6-11-7-12(10(4)13(11)14)15-8-9(2)3/h1,9,11H,6-8H2,2-4H3. The van der Waals surface area contributed by atoms with Gasteiger partial charge in [-0.3, -0.25) is 4.79 Å². The molecule has 1 atom stereocenters. The zero-order valence-corrected chi connectivity index (χ0v) is 9.67. The lowest BCUT2D eigenvalue weighted by atomic mass is 10.0. The Morgan fingerprint density at radius 2 is 2.27 bits per heavy atom. The van der Waals surface area contributed by atoms with Crippen LogP contribution in [0.1, 0.15) is 33.6 Å². The molecule has 0 fully saturated rings. The summed E-state index contributed by atoms with van der Waals surface area (Å²) in [7, 11) is 0. The second kappa shape index (κ2) is 5.02. The van der Waals surface area contributed by atoms with Gasteiger partial charge in [-0.25, -0.2) is 0 Å². The van der Waals surface area contributed by atoms with Crippen LogP contribution in [0.25, 0.3) is 0 Å². The highest BCUT2D eigenvalue weighted by atomic mass is 16.5. The van der Waals surface area contributed by atoms with Gasteiger partial charge in [0.1, 0.15) is 5.76 Å². The van der Waals surface area contributed by atoms with Gasteiger partial charge in [0, 0.05) is 24.3 Å². The van der Waals surface area contributed by atoms with Crippen LogP contribution in [0, 0.1) is 24.2 Å². The molecule has 0 N–H and O–H groups in total. The Balaban J connectivity index is 2.59. The molecule has 2 heteroatoms. The van der Waals surface area contributed by atoms with Crippen molar-refractivity contribution in [3.05, 3.63) is 11.3 Å². The van der Waals surface area contributed by atoms with Gasteiger partial charge in [0.15, 0.2) is 5.78 Å². The van der Waals surface area contributed by atoms with Crippen LogP contribution < -0.4 is 0 Å². The van der Waals surface area contributed by atoms with E-state index < -0.39 is 0 Å². The van der Waals surface area contributed by atoms with E-state index in [2.05, 4.69) is 19.8 Å². The summed E-state index contributed by atoms with van der Waals surface area (Å²) in [5.41, 5.74) is 0.760. The molecule has 0 saturated carbocycles.